The zero-order valence-electron chi connectivity index (χ0n) is 7.34. The molecule has 0 atom stereocenters. The summed E-state index contributed by atoms with van der Waals surface area (Å²) in [5.41, 5.74) is -1.07. The monoisotopic (exact) mass is 238 g/mol. The molecule has 0 saturated heterocycles. The van der Waals surface area contributed by atoms with E-state index >= 15 is 0 Å². The van der Waals surface area contributed by atoms with Crippen molar-refractivity contribution in [2.45, 2.75) is 6.18 Å². The van der Waals surface area contributed by atoms with Crippen LogP contribution in [0.2, 0.25) is 0 Å². The van der Waals surface area contributed by atoms with Gasteiger partial charge in [0.05, 0.1) is 11.1 Å². The van der Waals surface area contributed by atoms with Crippen LogP contribution in [-0.2, 0) is 10.9 Å². The molecule has 0 aliphatic heterocycles. The van der Waals surface area contributed by atoms with Crippen LogP contribution >= 0.6 is 11.6 Å². The first-order valence-corrected chi connectivity index (χ1v) is 4.39. The normalized spacial score (nSPS) is 11.2. The van der Waals surface area contributed by atoms with Crippen LogP contribution in [0, 0.1) is 0 Å². The zero-order valence-corrected chi connectivity index (χ0v) is 8.10. The van der Waals surface area contributed by atoms with Gasteiger partial charge in [0.2, 0.25) is 0 Å². The third-order valence-corrected chi connectivity index (χ3v) is 1.72. The Kier molecular flexibility index (Phi) is 3.57. The van der Waals surface area contributed by atoms with E-state index in [4.69, 9.17) is 11.6 Å². The van der Waals surface area contributed by atoms with E-state index in [2.05, 4.69) is 4.74 Å². The van der Waals surface area contributed by atoms with Gasteiger partial charge in [0.15, 0.2) is 6.07 Å². The molecule has 6 heteroatoms. The summed E-state index contributed by atoms with van der Waals surface area (Å²) >= 11 is 5.11. The first-order valence-electron chi connectivity index (χ1n) is 3.85. The number of halogens is 4. The fourth-order valence-corrected chi connectivity index (χ4v) is 1.05. The number of carbonyl (C=O) groups excluding carboxylic acids is 1. The third-order valence-electron chi connectivity index (χ3n) is 1.61. The van der Waals surface area contributed by atoms with Gasteiger partial charge < -0.3 is 4.74 Å². The molecule has 0 heterocycles. The van der Waals surface area contributed by atoms with Crippen LogP contribution in [0.3, 0.4) is 0 Å². The van der Waals surface area contributed by atoms with E-state index in [0.717, 1.165) is 18.2 Å². The van der Waals surface area contributed by atoms with Crippen molar-refractivity contribution in [2.75, 3.05) is 6.07 Å². The smallest absolute Gasteiger partial charge is 0.416 e. The van der Waals surface area contributed by atoms with Crippen molar-refractivity contribution in [3.63, 3.8) is 0 Å². The highest BCUT2D eigenvalue weighted by atomic mass is 35.5. The largest absolute Gasteiger partial charge is 0.446 e. The molecule has 0 aromatic heterocycles. The number of hydrogen-bond acceptors (Lipinski definition) is 2. The molecular formula is C9H6ClF3O2. The second-order valence-corrected chi connectivity index (χ2v) is 2.84. The lowest BCUT2D eigenvalue weighted by atomic mass is 10.1. The summed E-state index contributed by atoms with van der Waals surface area (Å²) in [5.74, 6) is -0.879. The van der Waals surface area contributed by atoms with Crippen molar-refractivity contribution >= 4 is 17.6 Å². The maximum absolute atomic E-state index is 12.2. The van der Waals surface area contributed by atoms with E-state index in [1.54, 1.807) is 0 Å². The zero-order chi connectivity index (χ0) is 11.5. The van der Waals surface area contributed by atoms with Crippen molar-refractivity contribution in [1.29, 1.82) is 0 Å². The van der Waals surface area contributed by atoms with Crippen LogP contribution in [0.25, 0.3) is 0 Å². The van der Waals surface area contributed by atoms with Crippen LogP contribution < -0.4 is 0 Å². The fraction of sp³-hybridized carbons (Fsp3) is 0.222. The van der Waals surface area contributed by atoms with Crippen LogP contribution in [0.4, 0.5) is 13.2 Å². The molecule has 0 saturated carbocycles. The number of ether oxygens (including phenoxy) is 1. The Bertz CT molecular complexity index is 363. The highest BCUT2D eigenvalue weighted by Gasteiger charge is 2.30. The van der Waals surface area contributed by atoms with Crippen LogP contribution in [0.1, 0.15) is 15.9 Å². The quantitative estimate of drug-likeness (QED) is 0.585. The first-order chi connectivity index (χ1) is 6.95. The molecule has 0 fully saturated rings. The molecule has 0 radical (unpaired) electrons. The first kappa shape index (κ1) is 11.8. The van der Waals surface area contributed by atoms with Crippen molar-refractivity contribution in [1.82, 2.24) is 0 Å². The van der Waals surface area contributed by atoms with Gasteiger partial charge in [0, 0.05) is 0 Å². The second-order valence-electron chi connectivity index (χ2n) is 2.62. The van der Waals surface area contributed by atoms with Crippen LogP contribution in [0.5, 0.6) is 0 Å². The number of benzene rings is 1. The van der Waals surface area contributed by atoms with E-state index in [1.807, 2.05) is 0 Å². The standard InChI is InChI=1S/C9H6ClF3O2/c10-5-15-8(14)6-2-1-3-7(4-6)9(11,12)13/h1-4H,5H2. The number of hydrogen-bond donors (Lipinski definition) is 0. The Hall–Kier alpha value is -1.23. The number of esters is 1. The summed E-state index contributed by atoms with van der Waals surface area (Å²) in [6.45, 7) is 0. The number of rotatable bonds is 2. The molecule has 0 spiro atoms. The average Bonchev–Trinajstić information content (AvgIpc) is 2.17. The molecule has 2 nitrogen and oxygen atoms in total. The molecule has 0 aliphatic rings. The summed E-state index contributed by atoms with van der Waals surface area (Å²) in [6.07, 6.45) is -4.47. The minimum absolute atomic E-state index is 0.175. The van der Waals surface area contributed by atoms with Gasteiger partial charge in [-0.15, -0.1) is 0 Å². The predicted octanol–water partition coefficient (Wildman–Crippen LogP) is 3.06. The molecule has 0 bridgehead atoms. The van der Waals surface area contributed by atoms with Gasteiger partial charge in [-0.05, 0) is 18.2 Å². The van der Waals surface area contributed by atoms with Crippen molar-refractivity contribution in [2.24, 2.45) is 0 Å². The number of alkyl halides is 4. The second kappa shape index (κ2) is 4.53. The van der Waals surface area contributed by atoms with Crippen molar-refractivity contribution < 1.29 is 22.7 Å². The van der Waals surface area contributed by atoms with E-state index in [9.17, 15) is 18.0 Å². The Balaban J connectivity index is 2.98. The summed E-state index contributed by atoms with van der Waals surface area (Å²) < 4.78 is 41.1. The highest BCUT2D eigenvalue weighted by Crippen LogP contribution is 2.29. The van der Waals surface area contributed by atoms with E-state index in [-0.39, 0.29) is 5.56 Å². The Labute approximate surface area is 88.6 Å². The summed E-state index contributed by atoms with van der Waals surface area (Å²) in [4.78, 5) is 11.0. The molecule has 82 valence electrons. The minimum atomic E-state index is -4.47. The van der Waals surface area contributed by atoms with E-state index < -0.39 is 23.8 Å². The summed E-state index contributed by atoms with van der Waals surface area (Å²) in [5, 5.41) is 0. The molecule has 0 amide bonds. The molecule has 15 heavy (non-hydrogen) atoms. The lowest BCUT2D eigenvalue weighted by Gasteiger charge is -2.07. The molecule has 1 aromatic rings. The Morgan fingerprint density at radius 2 is 2.07 bits per heavy atom. The van der Waals surface area contributed by atoms with Gasteiger partial charge in [-0.2, -0.15) is 13.2 Å². The van der Waals surface area contributed by atoms with E-state index in [1.165, 1.54) is 6.07 Å². The average molecular weight is 239 g/mol. The van der Waals surface area contributed by atoms with Gasteiger partial charge in [-0.1, -0.05) is 17.7 Å². The van der Waals surface area contributed by atoms with Crippen LogP contribution in [0.15, 0.2) is 24.3 Å². The van der Waals surface area contributed by atoms with Gasteiger partial charge >= 0.3 is 12.1 Å². The van der Waals surface area contributed by atoms with Gasteiger partial charge in [0.25, 0.3) is 0 Å². The highest BCUT2D eigenvalue weighted by molar-refractivity contribution is 6.17. The van der Waals surface area contributed by atoms with Crippen LogP contribution in [-0.4, -0.2) is 12.0 Å². The van der Waals surface area contributed by atoms with E-state index in [0.29, 0.717) is 0 Å². The van der Waals surface area contributed by atoms with Crippen molar-refractivity contribution in [3.8, 4) is 0 Å². The SMILES string of the molecule is O=C(OCCl)c1cccc(C(F)(F)F)c1. The minimum Gasteiger partial charge on any atom is -0.446 e. The molecule has 0 aliphatic carbocycles. The molecular weight excluding hydrogens is 233 g/mol. The Morgan fingerprint density at radius 3 is 2.60 bits per heavy atom. The fourth-order valence-electron chi connectivity index (χ4n) is 0.955. The molecule has 1 aromatic carbocycles. The molecule has 0 unspecified atom stereocenters. The lowest BCUT2D eigenvalue weighted by Crippen LogP contribution is -2.08. The summed E-state index contributed by atoms with van der Waals surface area (Å²) in [7, 11) is 0. The maximum atomic E-state index is 12.2. The molecule has 0 N–H and O–H groups in total. The van der Waals surface area contributed by atoms with Gasteiger partial charge in [-0.25, -0.2) is 4.79 Å². The summed E-state index contributed by atoms with van der Waals surface area (Å²) in [6, 6.07) is 3.55. The number of carbonyl (C=O) groups is 1. The third kappa shape index (κ3) is 3.13. The van der Waals surface area contributed by atoms with Gasteiger partial charge in [0.1, 0.15) is 0 Å². The maximum Gasteiger partial charge on any atom is 0.416 e. The molecule has 1 rings (SSSR count). The van der Waals surface area contributed by atoms with Gasteiger partial charge in [-0.3, -0.25) is 0 Å². The topological polar surface area (TPSA) is 26.3 Å². The van der Waals surface area contributed by atoms with Crippen molar-refractivity contribution in [3.05, 3.63) is 35.4 Å². The Morgan fingerprint density at radius 1 is 1.40 bits per heavy atom. The lowest BCUT2D eigenvalue weighted by molar-refractivity contribution is -0.137. The predicted molar refractivity (Wildman–Crippen MR) is 47.6 cm³/mol.